The first kappa shape index (κ1) is 22.0. The van der Waals surface area contributed by atoms with Crippen LogP contribution in [-0.2, 0) is 19.1 Å². The molecule has 0 radical (unpaired) electrons. The summed E-state index contributed by atoms with van der Waals surface area (Å²) >= 11 is 5.73. The zero-order chi connectivity index (χ0) is 22.5. The molecule has 2 aromatic rings. The molecule has 162 valence electrons. The van der Waals surface area contributed by atoms with Gasteiger partial charge in [-0.3, -0.25) is 24.5 Å². The normalized spacial score (nSPS) is 15.0. The van der Waals surface area contributed by atoms with E-state index in [1.165, 1.54) is 17.0 Å². The van der Waals surface area contributed by atoms with E-state index in [2.05, 4.69) is 5.32 Å². The number of nitro groups is 1. The van der Waals surface area contributed by atoms with Gasteiger partial charge in [-0.05, 0) is 31.2 Å². The van der Waals surface area contributed by atoms with E-state index in [0.717, 1.165) is 6.07 Å². The zero-order valence-corrected chi connectivity index (χ0v) is 17.1. The molecule has 2 amide bonds. The van der Waals surface area contributed by atoms with Crippen LogP contribution < -0.4 is 15.0 Å². The Morgan fingerprint density at radius 2 is 2.03 bits per heavy atom. The summed E-state index contributed by atoms with van der Waals surface area (Å²) in [5.41, 5.74) is 0.0944. The van der Waals surface area contributed by atoms with Gasteiger partial charge in [0, 0.05) is 17.6 Å². The summed E-state index contributed by atoms with van der Waals surface area (Å²) in [4.78, 5) is 48.3. The molecule has 1 aliphatic heterocycles. The molecule has 31 heavy (non-hydrogen) atoms. The number of ether oxygens (including phenoxy) is 2. The number of nitrogens with zero attached hydrogens (tertiary/aromatic N) is 2. The summed E-state index contributed by atoms with van der Waals surface area (Å²) in [5, 5.41) is 13.5. The Bertz CT molecular complexity index is 1040. The average molecular weight is 448 g/mol. The molecule has 0 fully saturated rings. The molecule has 0 aromatic heterocycles. The molecule has 0 aliphatic carbocycles. The minimum Gasteiger partial charge on any atom is -0.479 e. The van der Waals surface area contributed by atoms with Crippen LogP contribution in [0.2, 0.25) is 5.02 Å². The molecule has 0 bridgehead atoms. The molecule has 10 nitrogen and oxygen atoms in total. The van der Waals surface area contributed by atoms with E-state index in [4.69, 9.17) is 21.1 Å². The lowest BCUT2D eigenvalue weighted by Gasteiger charge is -2.32. The molecular formula is C20H18ClN3O7. The van der Waals surface area contributed by atoms with Gasteiger partial charge < -0.3 is 19.7 Å². The maximum atomic E-state index is 12.4. The lowest BCUT2D eigenvalue weighted by Crippen LogP contribution is -2.45. The van der Waals surface area contributed by atoms with Crippen LogP contribution in [0.25, 0.3) is 0 Å². The summed E-state index contributed by atoms with van der Waals surface area (Å²) in [5.74, 6) is -1.21. The summed E-state index contributed by atoms with van der Waals surface area (Å²) in [6.07, 6.45) is -0.840. The van der Waals surface area contributed by atoms with Crippen molar-refractivity contribution in [3.63, 3.8) is 0 Å². The second-order valence-electron chi connectivity index (χ2n) is 6.60. The minimum absolute atomic E-state index is 0.0483. The van der Waals surface area contributed by atoms with Gasteiger partial charge in [-0.2, -0.15) is 0 Å². The number of esters is 1. The number of fused-ring (bicyclic) bond motifs is 1. The van der Waals surface area contributed by atoms with Crippen LogP contribution in [0.5, 0.6) is 5.75 Å². The van der Waals surface area contributed by atoms with E-state index in [1.807, 2.05) is 0 Å². The number of halogens is 1. The lowest BCUT2D eigenvalue weighted by atomic mass is 10.2. The minimum atomic E-state index is -0.750. The van der Waals surface area contributed by atoms with Gasteiger partial charge >= 0.3 is 5.97 Å². The maximum Gasteiger partial charge on any atom is 0.308 e. The summed E-state index contributed by atoms with van der Waals surface area (Å²) in [6, 6.07) is 10.7. The Morgan fingerprint density at radius 1 is 1.29 bits per heavy atom. The molecular weight excluding hydrogens is 430 g/mol. The summed E-state index contributed by atoms with van der Waals surface area (Å²) in [7, 11) is 0. The molecule has 0 saturated carbocycles. The van der Waals surface area contributed by atoms with Gasteiger partial charge in [0.25, 0.3) is 17.5 Å². The number of nitrogens with one attached hydrogen (secondary N) is 1. The highest BCUT2D eigenvalue weighted by atomic mass is 35.5. The van der Waals surface area contributed by atoms with Crippen molar-refractivity contribution in [2.75, 3.05) is 23.4 Å². The highest BCUT2D eigenvalue weighted by Crippen LogP contribution is 2.33. The number of para-hydroxylation sites is 2. The standard InChI is InChI=1S/C20H18ClN3O7/c1-12-20(27)23(15-4-2-3-5-17(15)31-12)9-8-19(26)30-11-18(25)22-14-7-6-13(21)10-16(14)24(28)29/h2-7,10,12H,8-9,11H2,1H3,(H,22,25). The van der Waals surface area contributed by atoms with Crippen molar-refractivity contribution < 1.29 is 28.8 Å². The number of hydrogen-bond acceptors (Lipinski definition) is 7. The molecule has 2 aromatic carbocycles. The number of benzene rings is 2. The first-order valence-corrected chi connectivity index (χ1v) is 9.60. The first-order valence-electron chi connectivity index (χ1n) is 9.22. The molecule has 3 rings (SSSR count). The predicted molar refractivity (Wildman–Crippen MR) is 111 cm³/mol. The van der Waals surface area contributed by atoms with Crippen molar-refractivity contribution in [3.05, 3.63) is 57.6 Å². The number of amides is 2. The maximum absolute atomic E-state index is 12.4. The van der Waals surface area contributed by atoms with Crippen LogP contribution in [0.15, 0.2) is 42.5 Å². The second kappa shape index (κ2) is 9.43. The SMILES string of the molecule is CC1Oc2ccccc2N(CCC(=O)OCC(=O)Nc2ccc(Cl)cc2[N+](=O)[O-])C1=O. The van der Waals surface area contributed by atoms with Crippen LogP contribution in [0.4, 0.5) is 17.1 Å². The van der Waals surface area contributed by atoms with E-state index in [1.54, 1.807) is 31.2 Å². The number of nitro benzene ring substituents is 1. The van der Waals surface area contributed by atoms with Gasteiger partial charge in [0.1, 0.15) is 11.4 Å². The van der Waals surface area contributed by atoms with Crippen LogP contribution >= 0.6 is 11.6 Å². The number of hydrogen-bond donors (Lipinski definition) is 1. The molecule has 1 unspecified atom stereocenters. The van der Waals surface area contributed by atoms with Crippen molar-refractivity contribution in [3.8, 4) is 5.75 Å². The third-order valence-corrected chi connectivity index (χ3v) is 4.64. The molecule has 1 N–H and O–H groups in total. The lowest BCUT2D eigenvalue weighted by molar-refractivity contribution is -0.383. The number of carbonyl (C=O) groups excluding carboxylic acids is 3. The van der Waals surface area contributed by atoms with Gasteiger partial charge in [-0.25, -0.2) is 0 Å². The predicted octanol–water partition coefficient (Wildman–Crippen LogP) is 2.93. The van der Waals surface area contributed by atoms with Crippen molar-refractivity contribution in [1.82, 2.24) is 0 Å². The van der Waals surface area contributed by atoms with Crippen molar-refractivity contribution in [2.45, 2.75) is 19.4 Å². The van der Waals surface area contributed by atoms with Gasteiger partial charge in [-0.15, -0.1) is 0 Å². The fourth-order valence-corrected chi connectivity index (χ4v) is 3.12. The van der Waals surface area contributed by atoms with Crippen molar-refractivity contribution >= 4 is 46.4 Å². The monoisotopic (exact) mass is 447 g/mol. The topological polar surface area (TPSA) is 128 Å². The van der Waals surface area contributed by atoms with Crippen LogP contribution in [0.3, 0.4) is 0 Å². The Kier molecular flexibility index (Phi) is 6.71. The fourth-order valence-electron chi connectivity index (χ4n) is 2.96. The van der Waals surface area contributed by atoms with Gasteiger partial charge in [0.05, 0.1) is 17.0 Å². The molecule has 0 spiro atoms. The average Bonchev–Trinajstić information content (AvgIpc) is 2.73. The van der Waals surface area contributed by atoms with Gasteiger partial charge in [0.15, 0.2) is 12.7 Å². The summed E-state index contributed by atoms with van der Waals surface area (Å²) in [6.45, 7) is 1.03. The zero-order valence-electron chi connectivity index (χ0n) is 16.4. The largest absolute Gasteiger partial charge is 0.479 e. The fraction of sp³-hybridized carbons (Fsp3) is 0.250. The Balaban J connectivity index is 1.54. The van der Waals surface area contributed by atoms with Gasteiger partial charge in [-0.1, -0.05) is 23.7 Å². The van der Waals surface area contributed by atoms with Crippen molar-refractivity contribution in [1.29, 1.82) is 0 Å². The quantitative estimate of drug-likeness (QED) is 0.392. The Morgan fingerprint density at radius 3 is 2.77 bits per heavy atom. The van der Waals surface area contributed by atoms with E-state index in [9.17, 15) is 24.5 Å². The smallest absolute Gasteiger partial charge is 0.308 e. The van der Waals surface area contributed by atoms with Crippen LogP contribution in [0, 0.1) is 10.1 Å². The molecule has 11 heteroatoms. The van der Waals surface area contributed by atoms with Crippen molar-refractivity contribution in [2.24, 2.45) is 0 Å². The highest BCUT2D eigenvalue weighted by molar-refractivity contribution is 6.31. The van der Waals surface area contributed by atoms with E-state index in [-0.39, 0.29) is 35.3 Å². The summed E-state index contributed by atoms with van der Waals surface area (Å²) < 4.78 is 10.5. The Labute approximate surface area is 181 Å². The van der Waals surface area contributed by atoms with Gasteiger partial charge in [0.2, 0.25) is 0 Å². The van der Waals surface area contributed by atoms with E-state index in [0.29, 0.717) is 11.4 Å². The molecule has 1 atom stereocenters. The third-order valence-electron chi connectivity index (χ3n) is 4.41. The molecule has 0 saturated heterocycles. The number of rotatable bonds is 7. The second-order valence-corrected chi connectivity index (χ2v) is 7.03. The third kappa shape index (κ3) is 5.28. The van der Waals surface area contributed by atoms with Crippen LogP contribution in [-0.4, -0.2) is 42.0 Å². The van der Waals surface area contributed by atoms with Crippen LogP contribution in [0.1, 0.15) is 13.3 Å². The Hall–Kier alpha value is -3.66. The van der Waals surface area contributed by atoms with E-state index >= 15 is 0 Å². The van der Waals surface area contributed by atoms with E-state index < -0.39 is 29.5 Å². The first-order chi connectivity index (χ1) is 14.8. The number of carbonyl (C=O) groups is 3. The number of anilines is 2. The molecule has 1 aliphatic rings. The molecule has 1 heterocycles. The highest BCUT2D eigenvalue weighted by Gasteiger charge is 2.31.